The highest BCUT2D eigenvalue weighted by Crippen LogP contribution is 2.29. The highest BCUT2D eigenvalue weighted by molar-refractivity contribution is 5.84. The zero-order chi connectivity index (χ0) is 11.9. The van der Waals surface area contributed by atoms with Gasteiger partial charge in [-0.05, 0) is 34.5 Å². The van der Waals surface area contributed by atoms with Crippen LogP contribution in [0.15, 0.2) is 36.4 Å². The molecule has 2 aromatic carbocycles. The molecule has 2 N–H and O–H groups in total. The highest BCUT2D eigenvalue weighted by atomic mass is 16.5. The van der Waals surface area contributed by atoms with Crippen LogP contribution < -0.4 is 10.1 Å². The van der Waals surface area contributed by atoms with E-state index in [1.54, 1.807) is 7.11 Å². The van der Waals surface area contributed by atoms with Crippen LogP contribution >= 0.6 is 0 Å². The second-order valence-electron chi connectivity index (χ2n) is 4.56. The molecule has 1 aliphatic heterocycles. The third-order valence-corrected chi connectivity index (χ3v) is 3.42. The summed E-state index contributed by atoms with van der Waals surface area (Å²) in [6.07, 6.45) is 0. The van der Waals surface area contributed by atoms with Crippen molar-refractivity contribution in [2.75, 3.05) is 20.2 Å². The maximum atomic E-state index is 10.3. The predicted molar refractivity (Wildman–Crippen MR) is 67.3 cm³/mol. The van der Waals surface area contributed by atoms with Crippen molar-refractivity contribution in [1.29, 1.82) is 0 Å². The molecule has 0 spiro atoms. The van der Waals surface area contributed by atoms with E-state index in [2.05, 4.69) is 11.4 Å². The smallest absolute Gasteiger partial charge is 0.119 e. The molecule has 88 valence electrons. The average molecular weight is 229 g/mol. The van der Waals surface area contributed by atoms with Gasteiger partial charge in [-0.3, -0.25) is 0 Å². The second kappa shape index (κ2) is 3.72. The fraction of sp³-hybridized carbons (Fsp3) is 0.286. The van der Waals surface area contributed by atoms with Crippen molar-refractivity contribution in [2.24, 2.45) is 0 Å². The van der Waals surface area contributed by atoms with Gasteiger partial charge >= 0.3 is 0 Å². The van der Waals surface area contributed by atoms with Gasteiger partial charge in [0.2, 0.25) is 0 Å². The van der Waals surface area contributed by atoms with Crippen LogP contribution in [-0.4, -0.2) is 25.3 Å². The van der Waals surface area contributed by atoms with Gasteiger partial charge in [0.15, 0.2) is 0 Å². The molecule has 1 heterocycles. The first-order valence-corrected chi connectivity index (χ1v) is 5.73. The standard InChI is InChI=1S/C14H15NO2/c1-17-13-5-3-10-6-12(4-2-11(10)7-13)14(16)8-15-9-14/h2-7,15-16H,8-9H2,1H3. The van der Waals surface area contributed by atoms with E-state index in [9.17, 15) is 5.11 Å². The van der Waals surface area contributed by atoms with Crippen LogP contribution in [0.1, 0.15) is 5.56 Å². The second-order valence-corrected chi connectivity index (χ2v) is 4.56. The summed E-state index contributed by atoms with van der Waals surface area (Å²) >= 11 is 0. The van der Waals surface area contributed by atoms with Crippen LogP contribution in [0.5, 0.6) is 5.75 Å². The van der Waals surface area contributed by atoms with Crippen LogP contribution in [0, 0.1) is 0 Å². The molecular formula is C14H15NO2. The SMILES string of the molecule is COc1ccc2cc(C3(O)CNC3)ccc2c1. The lowest BCUT2D eigenvalue weighted by molar-refractivity contribution is -0.0145. The number of fused-ring (bicyclic) bond motifs is 1. The quantitative estimate of drug-likeness (QED) is 0.822. The number of ether oxygens (including phenoxy) is 1. The minimum Gasteiger partial charge on any atom is -0.497 e. The molecule has 0 atom stereocenters. The third kappa shape index (κ3) is 1.68. The van der Waals surface area contributed by atoms with Crippen molar-refractivity contribution in [2.45, 2.75) is 5.60 Å². The van der Waals surface area contributed by atoms with Crippen LogP contribution in [0.4, 0.5) is 0 Å². The lowest BCUT2D eigenvalue weighted by atomic mass is 9.87. The Kier molecular flexibility index (Phi) is 2.31. The molecule has 0 aliphatic carbocycles. The molecule has 2 aromatic rings. The number of methoxy groups -OCH3 is 1. The maximum Gasteiger partial charge on any atom is 0.119 e. The van der Waals surface area contributed by atoms with Crippen molar-refractivity contribution in [3.8, 4) is 5.75 Å². The number of nitrogens with one attached hydrogen (secondary N) is 1. The molecular weight excluding hydrogens is 214 g/mol. The molecule has 0 saturated carbocycles. The van der Waals surface area contributed by atoms with E-state index in [4.69, 9.17) is 4.74 Å². The van der Waals surface area contributed by atoms with Gasteiger partial charge in [0.25, 0.3) is 0 Å². The van der Waals surface area contributed by atoms with Crippen LogP contribution in [0.2, 0.25) is 0 Å². The Bertz CT molecular complexity index is 561. The summed E-state index contributed by atoms with van der Waals surface area (Å²) in [7, 11) is 1.66. The Morgan fingerprint density at radius 2 is 1.82 bits per heavy atom. The number of hydrogen-bond donors (Lipinski definition) is 2. The van der Waals surface area contributed by atoms with E-state index in [0.29, 0.717) is 13.1 Å². The largest absolute Gasteiger partial charge is 0.497 e. The average Bonchev–Trinajstić information content (AvgIpc) is 2.34. The minimum absolute atomic E-state index is 0.634. The van der Waals surface area contributed by atoms with Crippen molar-refractivity contribution in [3.63, 3.8) is 0 Å². The molecule has 0 bridgehead atoms. The first-order valence-electron chi connectivity index (χ1n) is 5.73. The van der Waals surface area contributed by atoms with Crippen molar-refractivity contribution >= 4 is 10.8 Å². The Morgan fingerprint density at radius 1 is 1.12 bits per heavy atom. The highest BCUT2D eigenvalue weighted by Gasteiger charge is 2.35. The minimum atomic E-state index is -0.686. The van der Waals surface area contributed by atoms with Gasteiger partial charge in [-0.15, -0.1) is 0 Å². The van der Waals surface area contributed by atoms with Gasteiger partial charge in [-0.1, -0.05) is 18.2 Å². The van der Waals surface area contributed by atoms with Gasteiger partial charge in [-0.2, -0.15) is 0 Å². The van der Waals surface area contributed by atoms with Crippen LogP contribution in [0.25, 0.3) is 10.8 Å². The fourth-order valence-corrected chi connectivity index (χ4v) is 2.21. The lowest BCUT2D eigenvalue weighted by Crippen LogP contribution is -2.56. The number of β-amino-alcohol motifs (C(OH)–C–C–N with tert-alkyl or cyclic N) is 1. The van der Waals surface area contributed by atoms with E-state index >= 15 is 0 Å². The molecule has 0 amide bonds. The summed E-state index contributed by atoms with van der Waals surface area (Å²) in [6.45, 7) is 1.27. The first-order chi connectivity index (χ1) is 8.21. The summed E-state index contributed by atoms with van der Waals surface area (Å²) in [4.78, 5) is 0. The summed E-state index contributed by atoms with van der Waals surface area (Å²) in [5, 5.41) is 15.6. The number of benzene rings is 2. The summed E-state index contributed by atoms with van der Waals surface area (Å²) in [5.41, 5.74) is 0.294. The molecule has 0 radical (unpaired) electrons. The Hall–Kier alpha value is -1.58. The van der Waals surface area contributed by atoms with E-state index in [0.717, 1.165) is 22.1 Å². The van der Waals surface area contributed by atoms with Gasteiger partial charge in [0, 0.05) is 13.1 Å². The molecule has 1 saturated heterocycles. The zero-order valence-electron chi connectivity index (χ0n) is 9.73. The van der Waals surface area contributed by atoms with Crippen molar-refractivity contribution < 1.29 is 9.84 Å². The number of hydrogen-bond acceptors (Lipinski definition) is 3. The molecule has 1 aliphatic rings. The van der Waals surface area contributed by atoms with Gasteiger partial charge in [0.1, 0.15) is 11.4 Å². The van der Waals surface area contributed by atoms with E-state index < -0.39 is 5.60 Å². The number of aliphatic hydroxyl groups is 1. The monoisotopic (exact) mass is 229 g/mol. The maximum absolute atomic E-state index is 10.3. The van der Waals surface area contributed by atoms with Crippen molar-refractivity contribution in [1.82, 2.24) is 5.32 Å². The summed E-state index contributed by atoms with van der Waals surface area (Å²) < 4.78 is 5.19. The Morgan fingerprint density at radius 3 is 2.47 bits per heavy atom. The molecule has 17 heavy (non-hydrogen) atoms. The normalized spacial score (nSPS) is 17.8. The Labute approximate surface area is 100 Å². The molecule has 0 aromatic heterocycles. The van der Waals surface area contributed by atoms with Gasteiger partial charge in [-0.25, -0.2) is 0 Å². The molecule has 0 unspecified atom stereocenters. The first kappa shape index (κ1) is 10.6. The predicted octanol–water partition coefficient (Wildman–Crippen LogP) is 1.64. The van der Waals surface area contributed by atoms with E-state index in [1.165, 1.54) is 0 Å². The Balaban J connectivity index is 2.07. The molecule has 3 rings (SSSR count). The van der Waals surface area contributed by atoms with E-state index in [1.807, 2.05) is 30.3 Å². The fourth-order valence-electron chi connectivity index (χ4n) is 2.21. The topological polar surface area (TPSA) is 41.5 Å². The summed E-state index contributed by atoms with van der Waals surface area (Å²) in [6, 6.07) is 12.0. The van der Waals surface area contributed by atoms with Gasteiger partial charge < -0.3 is 15.2 Å². The zero-order valence-corrected chi connectivity index (χ0v) is 9.73. The molecule has 1 fully saturated rings. The molecule has 3 heteroatoms. The van der Waals surface area contributed by atoms with Gasteiger partial charge in [0.05, 0.1) is 7.11 Å². The van der Waals surface area contributed by atoms with Crippen molar-refractivity contribution in [3.05, 3.63) is 42.0 Å². The number of rotatable bonds is 2. The third-order valence-electron chi connectivity index (χ3n) is 3.42. The summed E-state index contributed by atoms with van der Waals surface area (Å²) in [5.74, 6) is 0.856. The van der Waals surface area contributed by atoms with Crippen LogP contribution in [0.3, 0.4) is 0 Å². The van der Waals surface area contributed by atoms with Crippen LogP contribution in [-0.2, 0) is 5.60 Å². The molecule has 3 nitrogen and oxygen atoms in total. The van der Waals surface area contributed by atoms with E-state index in [-0.39, 0.29) is 0 Å². The lowest BCUT2D eigenvalue weighted by Gasteiger charge is -2.38.